The van der Waals surface area contributed by atoms with E-state index in [1.54, 1.807) is 11.8 Å². The summed E-state index contributed by atoms with van der Waals surface area (Å²) in [5.41, 5.74) is 8.85. The Hall–Kier alpha value is -2.31. The maximum atomic E-state index is 12.3. The van der Waals surface area contributed by atoms with Gasteiger partial charge in [-0.1, -0.05) is 42.5 Å². The average Bonchev–Trinajstić information content (AvgIpc) is 2.66. The average molecular weight is 372 g/mol. The molecule has 138 valence electrons. The highest BCUT2D eigenvalue weighted by atomic mass is 32.2. The smallest absolute Gasteiger partial charge is 0.306 e. The number of carbonyl (C=O) groups excluding carboxylic acids is 2. The summed E-state index contributed by atoms with van der Waals surface area (Å²) in [5, 5.41) is 2.87. The van der Waals surface area contributed by atoms with Crippen LogP contribution in [-0.4, -0.2) is 30.8 Å². The number of hydrogen-bond donors (Lipinski definition) is 2. The van der Waals surface area contributed by atoms with Crippen LogP contribution in [-0.2, 0) is 26.5 Å². The summed E-state index contributed by atoms with van der Waals surface area (Å²) in [5.74, 6) is 1.05. The van der Waals surface area contributed by atoms with E-state index in [1.165, 1.54) is 7.11 Å². The van der Waals surface area contributed by atoms with Gasteiger partial charge < -0.3 is 15.8 Å². The SMILES string of the molecule is COC(=O)CCSCc1cccc(NC(=O)[C@@H](N)Cc2ccccc2)c1. The third kappa shape index (κ3) is 6.90. The van der Waals surface area contributed by atoms with Crippen LogP contribution in [0.5, 0.6) is 0 Å². The molecule has 5 nitrogen and oxygen atoms in total. The lowest BCUT2D eigenvalue weighted by Gasteiger charge is -2.13. The third-order valence-corrected chi connectivity index (χ3v) is 4.81. The number of nitrogens with one attached hydrogen (secondary N) is 1. The zero-order valence-electron chi connectivity index (χ0n) is 14.8. The van der Waals surface area contributed by atoms with Gasteiger partial charge in [-0.3, -0.25) is 9.59 Å². The Kier molecular flexibility index (Phi) is 8.18. The molecule has 26 heavy (non-hydrogen) atoms. The van der Waals surface area contributed by atoms with E-state index in [9.17, 15) is 9.59 Å². The van der Waals surface area contributed by atoms with Crippen molar-refractivity contribution in [1.82, 2.24) is 0 Å². The lowest BCUT2D eigenvalue weighted by atomic mass is 10.1. The number of ether oxygens (including phenoxy) is 1. The summed E-state index contributed by atoms with van der Waals surface area (Å²) in [6.07, 6.45) is 0.891. The van der Waals surface area contributed by atoms with Crippen LogP contribution in [0, 0.1) is 0 Å². The van der Waals surface area contributed by atoms with Crippen LogP contribution >= 0.6 is 11.8 Å². The van der Waals surface area contributed by atoms with E-state index in [-0.39, 0.29) is 11.9 Å². The van der Waals surface area contributed by atoms with Gasteiger partial charge in [0.05, 0.1) is 19.6 Å². The predicted octanol–water partition coefficient (Wildman–Crippen LogP) is 2.99. The first kappa shape index (κ1) is 20.0. The molecule has 0 unspecified atom stereocenters. The van der Waals surface area contributed by atoms with Crippen LogP contribution in [0.2, 0.25) is 0 Å². The van der Waals surface area contributed by atoms with E-state index in [0.29, 0.717) is 18.6 Å². The zero-order valence-corrected chi connectivity index (χ0v) is 15.6. The van der Waals surface area contributed by atoms with Crippen LogP contribution in [0.4, 0.5) is 5.69 Å². The molecule has 0 heterocycles. The second-order valence-corrected chi connectivity index (χ2v) is 6.97. The van der Waals surface area contributed by atoms with Crippen molar-refractivity contribution in [2.75, 3.05) is 18.2 Å². The molecule has 0 spiro atoms. The van der Waals surface area contributed by atoms with Gasteiger partial charge in [-0.2, -0.15) is 11.8 Å². The fourth-order valence-corrected chi connectivity index (χ4v) is 3.25. The minimum Gasteiger partial charge on any atom is -0.469 e. The molecule has 3 N–H and O–H groups in total. The fraction of sp³-hybridized carbons (Fsp3) is 0.300. The quantitative estimate of drug-likeness (QED) is 0.522. The number of amides is 1. The van der Waals surface area contributed by atoms with Crippen molar-refractivity contribution in [3.8, 4) is 0 Å². The van der Waals surface area contributed by atoms with Gasteiger partial charge in [0.2, 0.25) is 5.91 Å². The largest absolute Gasteiger partial charge is 0.469 e. The second kappa shape index (κ2) is 10.6. The Labute approximate surface area is 158 Å². The van der Waals surface area contributed by atoms with Crippen molar-refractivity contribution in [2.24, 2.45) is 5.73 Å². The molecule has 6 heteroatoms. The van der Waals surface area contributed by atoms with E-state index in [2.05, 4.69) is 10.1 Å². The van der Waals surface area contributed by atoms with Gasteiger partial charge in [0.25, 0.3) is 0 Å². The lowest BCUT2D eigenvalue weighted by molar-refractivity contribution is -0.140. The van der Waals surface area contributed by atoms with Gasteiger partial charge in [0.1, 0.15) is 0 Å². The van der Waals surface area contributed by atoms with E-state index < -0.39 is 6.04 Å². The number of anilines is 1. The van der Waals surface area contributed by atoms with Crippen molar-refractivity contribution < 1.29 is 14.3 Å². The molecule has 2 aromatic rings. The van der Waals surface area contributed by atoms with Crippen molar-refractivity contribution >= 4 is 29.3 Å². The van der Waals surface area contributed by atoms with Gasteiger partial charge in [-0.15, -0.1) is 0 Å². The third-order valence-electron chi connectivity index (χ3n) is 3.78. The van der Waals surface area contributed by atoms with Gasteiger partial charge >= 0.3 is 5.97 Å². The van der Waals surface area contributed by atoms with Crippen LogP contribution in [0.3, 0.4) is 0 Å². The Morgan fingerprint density at radius 2 is 1.85 bits per heavy atom. The summed E-state index contributed by atoms with van der Waals surface area (Å²) in [4.78, 5) is 23.4. The molecule has 0 bridgehead atoms. The van der Waals surface area contributed by atoms with Gasteiger partial charge in [-0.05, 0) is 29.7 Å². The van der Waals surface area contributed by atoms with Gasteiger partial charge in [-0.25, -0.2) is 0 Å². The van der Waals surface area contributed by atoms with Crippen molar-refractivity contribution in [1.29, 1.82) is 0 Å². The summed E-state index contributed by atoms with van der Waals surface area (Å²) in [6.45, 7) is 0. The van der Waals surface area contributed by atoms with Gasteiger partial charge in [0, 0.05) is 17.2 Å². The van der Waals surface area contributed by atoms with Crippen LogP contribution in [0.25, 0.3) is 0 Å². The number of carbonyl (C=O) groups is 2. The normalized spacial score (nSPS) is 11.6. The summed E-state index contributed by atoms with van der Waals surface area (Å²) >= 11 is 1.65. The van der Waals surface area contributed by atoms with Gasteiger partial charge in [0.15, 0.2) is 0 Å². The molecule has 0 aliphatic rings. The summed E-state index contributed by atoms with van der Waals surface area (Å²) < 4.78 is 4.62. The van der Waals surface area contributed by atoms with E-state index in [4.69, 9.17) is 5.73 Å². The molecule has 0 saturated heterocycles. The Morgan fingerprint density at radius 1 is 1.12 bits per heavy atom. The molecule has 2 aromatic carbocycles. The molecular weight excluding hydrogens is 348 g/mol. The van der Waals surface area contributed by atoms with Crippen LogP contribution in [0.15, 0.2) is 54.6 Å². The highest BCUT2D eigenvalue weighted by Gasteiger charge is 2.14. The molecule has 0 radical (unpaired) electrons. The molecule has 0 saturated carbocycles. The first-order valence-electron chi connectivity index (χ1n) is 8.42. The molecule has 0 aromatic heterocycles. The molecule has 0 aliphatic heterocycles. The van der Waals surface area contributed by atoms with E-state index in [0.717, 1.165) is 22.6 Å². The number of hydrogen-bond acceptors (Lipinski definition) is 5. The number of thioether (sulfide) groups is 1. The minimum absolute atomic E-state index is 0.203. The fourth-order valence-electron chi connectivity index (χ4n) is 2.38. The van der Waals surface area contributed by atoms with E-state index >= 15 is 0 Å². The predicted molar refractivity (Wildman–Crippen MR) is 106 cm³/mol. The van der Waals surface area contributed by atoms with Crippen LogP contribution in [0.1, 0.15) is 17.5 Å². The molecular formula is C20H24N2O3S. The molecule has 0 fully saturated rings. The molecule has 0 aliphatic carbocycles. The lowest BCUT2D eigenvalue weighted by Crippen LogP contribution is -2.37. The number of rotatable bonds is 9. The summed E-state index contributed by atoms with van der Waals surface area (Å²) in [6, 6.07) is 16.8. The molecule has 2 rings (SSSR count). The number of methoxy groups -OCH3 is 1. The van der Waals surface area contributed by atoms with E-state index in [1.807, 2.05) is 54.6 Å². The highest BCUT2D eigenvalue weighted by molar-refractivity contribution is 7.98. The Balaban J connectivity index is 1.83. The topological polar surface area (TPSA) is 81.4 Å². The highest BCUT2D eigenvalue weighted by Crippen LogP contribution is 2.17. The monoisotopic (exact) mass is 372 g/mol. The second-order valence-electron chi connectivity index (χ2n) is 5.86. The molecule has 1 amide bonds. The maximum absolute atomic E-state index is 12.3. The Bertz CT molecular complexity index is 722. The Morgan fingerprint density at radius 3 is 2.58 bits per heavy atom. The number of esters is 1. The summed E-state index contributed by atoms with van der Waals surface area (Å²) in [7, 11) is 1.39. The zero-order chi connectivity index (χ0) is 18.8. The van der Waals surface area contributed by atoms with Crippen LogP contribution < -0.4 is 11.1 Å². The number of nitrogens with two attached hydrogens (primary N) is 1. The first-order valence-corrected chi connectivity index (χ1v) is 9.58. The first-order chi connectivity index (χ1) is 12.6. The van der Waals surface area contributed by atoms with Crippen molar-refractivity contribution in [3.63, 3.8) is 0 Å². The minimum atomic E-state index is -0.601. The maximum Gasteiger partial charge on any atom is 0.306 e. The van der Waals surface area contributed by atoms with Crippen molar-refractivity contribution in [3.05, 3.63) is 65.7 Å². The standard InChI is InChI=1S/C20H24N2O3S/c1-25-19(23)10-11-26-14-16-8-5-9-17(12-16)22-20(24)18(21)13-15-6-3-2-4-7-15/h2-9,12,18H,10-11,13-14,21H2,1H3,(H,22,24)/t18-/m0/s1. The van der Waals surface area contributed by atoms with Crippen molar-refractivity contribution in [2.45, 2.75) is 24.6 Å². The molecule has 1 atom stereocenters. The number of benzene rings is 2.